The Morgan fingerprint density at radius 1 is 1.25 bits per heavy atom. The van der Waals surface area contributed by atoms with E-state index in [0.717, 1.165) is 24.3 Å². The minimum atomic E-state index is -0.104. The molecule has 0 aliphatic carbocycles. The first kappa shape index (κ1) is 13.1. The molecule has 0 N–H and O–H groups in total. The van der Waals surface area contributed by atoms with Gasteiger partial charge in [0.1, 0.15) is 0 Å². The molecule has 0 unspecified atom stereocenters. The van der Waals surface area contributed by atoms with Crippen LogP contribution in [0.1, 0.15) is 24.8 Å². The molecule has 0 saturated heterocycles. The maximum Gasteiger partial charge on any atom is 0.305 e. The fraction of sp³-hybridized carbons (Fsp3) is 0.462. The Hall–Kier alpha value is -0.960. The molecule has 0 radical (unpaired) electrons. The third-order valence-electron chi connectivity index (χ3n) is 2.26. The standard InChI is InChI=1S/C13H18O2S/c1-15-13(14)9-5-6-10-16-11-12-7-3-2-4-8-12/h2-4,7-8H,5-6,9-11H2,1H3. The van der Waals surface area contributed by atoms with Gasteiger partial charge in [0.05, 0.1) is 7.11 Å². The number of carbonyl (C=O) groups is 1. The summed E-state index contributed by atoms with van der Waals surface area (Å²) in [6.45, 7) is 0. The van der Waals surface area contributed by atoms with Crippen molar-refractivity contribution in [1.82, 2.24) is 0 Å². The van der Waals surface area contributed by atoms with Crippen molar-refractivity contribution in [2.75, 3.05) is 12.9 Å². The lowest BCUT2D eigenvalue weighted by molar-refractivity contribution is -0.140. The Balaban J connectivity index is 1.98. The van der Waals surface area contributed by atoms with Gasteiger partial charge in [-0.15, -0.1) is 0 Å². The lowest BCUT2D eigenvalue weighted by Crippen LogP contribution is -1.99. The number of carbonyl (C=O) groups excluding carboxylic acids is 1. The van der Waals surface area contributed by atoms with E-state index in [4.69, 9.17) is 0 Å². The smallest absolute Gasteiger partial charge is 0.305 e. The number of methoxy groups -OCH3 is 1. The molecule has 1 rings (SSSR count). The molecule has 0 saturated carbocycles. The monoisotopic (exact) mass is 238 g/mol. The second-order valence-corrected chi connectivity index (χ2v) is 4.68. The molecule has 0 atom stereocenters. The Bertz CT molecular complexity index is 298. The summed E-state index contributed by atoms with van der Waals surface area (Å²) in [5.41, 5.74) is 1.36. The molecule has 0 aliphatic heterocycles. The fourth-order valence-electron chi connectivity index (χ4n) is 1.34. The van der Waals surface area contributed by atoms with E-state index in [-0.39, 0.29) is 5.97 Å². The second-order valence-electron chi connectivity index (χ2n) is 3.57. The fourth-order valence-corrected chi connectivity index (χ4v) is 2.32. The number of hydrogen-bond donors (Lipinski definition) is 0. The van der Waals surface area contributed by atoms with Crippen molar-refractivity contribution in [2.24, 2.45) is 0 Å². The summed E-state index contributed by atoms with van der Waals surface area (Å²) in [7, 11) is 1.44. The van der Waals surface area contributed by atoms with Crippen molar-refractivity contribution < 1.29 is 9.53 Å². The number of thioether (sulfide) groups is 1. The van der Waals surface area contributed by atoms with Crippen LogP contribution in [0, 0.1) is 0 Å². The highest BCUT2D eigenvalue weighted by Crippen LogP contribution is 2.13. The van der Waals surface area contributed by atoms with Gasteiger partial charge in [-0.25, -0.2) is 0 Å². The number of esters is 1. The maximum absolute atomic E-state index is 10.8. The van der Waals surface area contributed by atoms with Crippen molar-refractivity contribution in [1.29, 1.82) is 0 Å². The van der Waals surface area contributed by atoms with Gasteiger partial charge in [0.15, 0.2) is 0 Å². The van der Waals surface area contributed by atoms with E-state index in [0.29, 0.717) is 6.42 Å². The van der Waals surface area contributed by atoms with Crippen LogP contribution in [-0.4, -0.2) is 18.8 Å². The number of benzene rings is 1. The Labute approximate surface area is 101 Å². The number of hydrogen-bond acceptors (Lipinski definition) is 3. The summed E-state index contributed by atoms with van der Waals surface area (Å²) in [5.74, 6) is 2.05. The molecule has 0 bridgehead atoms. The van der Waals surface area contributed by atoms with Crippen molar-refractivity contribution in [3.8, 4) is 0 Å². The Morgan fingerprint density at radius 2 is 2.00 bits per heavy atom. The van der Waals surface area contributed by atoms with Gasteiger partial charge in [0.25, 0.3) is 0 Å². The molecular formula is C13H18O2S. The highest BCUT2D eigenvalue weighted by atomic mass is 32.2. The summed E-state index contributed by atoms with van der Waals surface area (Å²) in [4.78, 5) is 10.8. The number of unbranched alkanes of at least 4 members (excludes halogenated alkanes) is 1. The van der Waals surface area contributed by atoms with Crippen molar-refractivity contribution in [2.45, 2.75) is 25.0 Å². The lowest BCUT2D eigenvalue weighted by Gasteiger charge is -2.01. The zero-order chi connectivity index (χ0) is 11.6. The van der Waals surface area contributed by atoms with Crippen molar-refractivity contribution in [3.63, 3.8) is 0 Å². The molecule has 0 aromatic heterocycles. The predicted molar refractivity (Wildman–Crippen MR) is 68.5 cm³/mol. The van der Waals surface area contributed by atoms with E-state index >= 15 is 0 Å². The van der Waals surface area contributed by atoms with Gasteiger partial charge in [0.2, 0.25) is 0 Å². The minimum absolute atomic E-state index is 0.104. The van der Waals surface area contributed by atoms with Gasteiger partial charge in [-0.2, -0.15) is 11.8 Å². The highest BCUT2D eigenvalue weighted by molar-refractivity contribution is 7.98. The van der Waals surface area contributed by atoms with E-state index in [1.165, 1.54) is 12.7 Å². The lowest BCUT2D eigenvalue weighted by atomic mass is 10.2. The van der Waals surface area contributed by atoms with Crippen LogP contribution in [0.5, 0.6) is 0 Å². The van der Waals surface area contributed by atoms with Gasteiger partial charge >= 0.3 is 5.97 Å². The largest absolute Gasteiger partial charge is 0.469 e. The van der Waals surface area contributed by atoms with Gasteiger partial charge < -0.3 is 4.74 Å². The second kappa shape index (κ2) is 8.22. The molecule has 0 spiro atoms. The summed E-state index contributed by atoms with van der Waals surface area (Å²) in [5, 5.41) is 0. The predicted octanol–water partition coefficient (Wildman–Crippen LogP) is 3.26. The molecule has 0 amide bonds. The zero-order valence-electron chi connectivity index (χ0n) is 9.65. The molecule has 1 aromatic rings. The number of rotatable bonds is 7. The molecular weight excluding hydrogens is 220 g/mol. The van der Waals surface area contributed by atoms with Crippen LogP contribution in [0.4, 0.5) is 0 Å². The summed E-state index contributed by atoms with van der Waals surface area (Å²) in [6, 6.07) is 10.4. The highest BCUT2D eigenvalue weighted by Gasteiger charge is 1.99. The molecule has 0 heterocycles. The topological polar surface area (TPSA) is 26.3 Å². The summed E-state index contributed by atoms with van der Waals surface area (Å²) in [6.07, 6.45) is 2.55. The Morgan fingerprint density at radius 3 is 2.69 bits per heavy atom. The normalized spacial score (nSPS) is 10.1. The third-order valence-corrected chi connectivity index (χ3v) is 3.37. The van der Waals surface area contributed by atoms with E-state index in [1.807, 2.05) is 17.8 Å². The molecule has 16 heavy (non-hydrogen) atoms. The van der Waals surface area contributed by atoms with Crippen LogP contribution in [0.15, 0.2) is 30.3 Å². The van der Waals surface area contributed by atoms with Gasteiger partial charge in [-0.05, 0) is 24.2 Å². The van der Waals surface area contributed by atoms with Gasteiger partial charge in [-0.1, -0.05) is 30.3 Å². The third kappa shape index (κ3) is 5.81. The molecule has 88 valence electrons. The van der Waals surface area contributed by atoms with Crippen LogP contribution < -0.4 is 0 Å². The summed E-state index contributed by atoms with van der Waals surface area (Å²) < 4.78 is 4.58. The molecule has 2 nitrogen and oxygen atoms in total. The van der Waals surface area contributed by atoms with Crippen molar-refractivity contribution >= 4 is 17.7 Å². The molecule has 0 fully saturated rings. The average Bonchev–Trinajstić information content (AvgIpc) is 2.34. The van der Waals surface area contributed by atoms with Gasteiger partial charge in [-0.3, -0.25) is 4.79 Å². The first-order chi connectivity index (χ1) is 7.83. The average molecular weight is 238 g/mol. The first-order valence-corrected chi connectivity index (χ1v) is 6.67. The van der Waals surface area contributed by atoms with Crippen LogP contribution in [0.25, 0.3) is 0 Å². The van der Waals surface area contributed by atoms with E-state index in [2.05, 4.69) is 29.0 Å². The molecule has 3 heteroatoms. The zero-order valence-corrected chi connectivity index (χ0v) is 10.5. The van der Waals surface area contributed by atoms with E-state index < -0.39 is 0 Å². The Kier molecular flexibility index (Phi) is 6.74. The molecule has 0 aliphatic rings. The number of ether oxygens (including phenoxy) is 1. The van der Waals surface area contributed by atoms with Crippen LogP contribution >= 0.6 is 11.8 Å². The summed E-state index contributed by atoms with van der Waals surface area (Å²) >= 11 is 1.91. The van der Waals surface area contributed by atoms with E-state index in [9.17, 15) is 4.79 Å². The van der Waals surface area contributed by atoms with Gasteiger partial charge in [0, 0.05) is 12.2 Å². The van der Waals surface area contributed by atoms with Crippen LogP contribution in [0.3, 0.4) is 0 Å². The first-order valence-electron chi connectivity index (χ1n) is 5.51. The van der Waals surface area contributed by atoms with Crippen LogP contribution in [0.2, 0.25) is 0 Å². The quantitative estimate of drug-likeness (QED) is 0.539. The SMILES string of the molecule is COC(=O)CCCCSCc1ccccc1. The molecule has 1 aromatic carbocycles. The van der Waals surface area contributed by atoms with E-state index in [1.54, 1.807) is 0 Å². The minimum Gasteiger partial charge on any atom is -0.469 e. The van der Waals surface area contributed by atoms with Crippen LogP contribution in [-0.2, 0) is 15.3 Å². The maximum atomic E-state index is 10.8. The van der Waals surface area contributed by atoms with Crippen molar-refractivity contribution in [3.05, 3.63) is 35.9 Å².